The molecule has 5 heteroatoms. The molecule has 0 saturated heterocycles. The molecule has 2 aliphatic rings. The van der Waals surface area contributed by atoms with E-state index in [2.05, 4.69) is 66.9 Å². The Morgan fingerprint density at radius 2 is 1.70 bits per heavy atom. The van der Waals surface area contributed by atoms with Crippen LogP contribution in [0, 0.1) is 23.7 Å². The van der Waals surface area contributed by atoms with Crippen LogP contribution in [-0.4, -0.2) is 10.5 Å². The summed E-state index contributed by atoms with van der Waals surface area (Å²) < 4.78 is 3.22. The van der Waals surface area contributed by atoms with Crippen LogP contribution >= 0.6 is 23.6 Å². The summed E-state index contributed by atoms with van der Waals surface area (Å²) >= 11 is 7.55. The molecule has 1 aliphatic heterocycles. The van der Waals surface area contributed by atoms with Crippen LogP contribution in [0.4, 0.5) is 5.82 Å². The summed E-state index contributed by atoms with van der Waals surface area (Å²) in [5, 5.41) is 0. The third kappa shape index (κ3) is 3.15. The number of hydrogen-bond acceptors (Lipinski definition) is 3. The van der Waals surface area contributed by atoms with Crippen LogP contribution in [0.25, 0.3) is 10.4 Å². The van der Waals surface area contributed by atoms with Crippen molar-refractivity contribution in [2.45, 2.75) is 52.1 Å². The molecule has 1 fully saturated rings. The second-order valence-electron chi connectivity index (χ2n) is 8.51. The molecule has 3 nitrogen and oxygen atoms in total. The van der Waals surface area contributed by atoms with E-state index in [0.29, 0.717) is 6.54 Å². The molecule has 1 aromatic heterocycles. The van der Waals surface area contributed by atoms with Gasteiger partial charge in [0.1, 0.15) is 5.82 Å². The van der Waals surface area contributed by atoms with Crippen molar-refractivity contribution in [1.82, 2.24) is 4.57 Å². The van der Waals surface area contributed by atoms with E-state index in [0.717, 1.165) is 33.9 Å². The van der Waals surface area contributed by atoms with Crippen LogP contribution < -0.4 is 4.90 Å². The molecule has 2 aromatic carbocycles. The lowest BCUT2D eigenvalue weighted by molar-refractivity contribution is -0.126. The fraction of sp³-hybridized carbons (Fsp3) is 0.360. The quantitative estimate of drug-likeness (QED) is 0.422. The van der Waals surface area contributed by atoms with Gasteiger partial charge < -0.3 is 4.57 Å². The topological polar surface area (TPSA) is 25.2 Å². The molecular formula is C25H26N2OS2. The fourth-order valence-corrected chi connectivity index (χ4v) is 6.66. The first-order valence-electron chi connectivity index (χ1n) is 10.7. The molecule has 2 atom stereocenters. The first kappa shape index (κ1) is 19.7. The standard InChI is InChI=1S/C25H26N2OS2/c1-16-9-3-5-11-18(16)15-26-23-22(19-12-6-4-10-17(19)2)30-25(29)27(23)21-14-8-7-13-20(21)24(26)28/h3-6,9-12,20-21H,7-8,13-15H2,1-2H3. The second kappa shape index (κ2) is 7.78. The Balaban J connectivity index is 1.72. The van der Waals surface area contributed by atoms with Gasteiger partial charge in [-0.15, -0.1) is 11.3 Å². The number of carbonyl (C=O) groups excluding carboxylic acids is 1. The third-order valence-electron chi connectivity index (χ3n) is 6.70. The molecule has 1 aliphatic carbocycles. The Morgan fingerprint density at radius 3 is 2.47 bits per heavy atom. The van der Waals surface area contributed by atoms with Gasteiger partial charge in [0.15, 0.2) is 3.95 Å². The van der Waals surface area contributed by atoms with Crippen molar-refractivity contribution in [3.05, 3.63) is 69.2 Å². The summed E-state index contributed by atoms with van der Waals surface area (Å²) in [4.78, 5) is 17.0. The molecule has 1 amide bonds. The van der Waals surface area contributed by atoms with Gasteiger partial charge in [-0.3, -0.25) is 9.69 Å². The molecule has 2 heterocycles. The first-order chi connectivity index (χ1) is 14.6. The second-order valence-corrected chi connectivity index (χ2v) is 10.2. The van der Waals surface area contributed by atoms with Crippen LogP contribution in [0.3, 0.4) is 0 Å². The molecule has 3 aromatic rings. The molecule has 30 heavy (non-hydrogen) atoms. The van der Waals surface area contributed by atoms with Crippen molar-refractivity contribution in [2.24, 2.45) is 5.92 Å². The average Bonchev–Trinajstić information content (AvgIpc) is 3.09. The summed E-state index contributed by atoms with van der Waals surface area (Å²) in [5.41, 5.74) is 4.80. The van der Waals surface area contributed by atoms with Gasteiger partial charge in [0.05, 0.1) is 17.3 Å². The number of benzene rings is 2. The van der Waals surface area contributed by atoms with Crippen molar-refractivity contribution in [3.63, 3.8) is 0 Å². The zero-order valence-corrected chi connectivity index (χ0v) is 19.1. The minimum absolute atomic E-state index is 0.0429. The fourth-order valence-electron chi connectivity index (χ4n) is 5.05. The number of anilines is 1. The highest BCUT2D eigenvalue weighted by molar-refractivity contribution is 7.73. The predicted octanol–water partition coefficient (Wildman–Crippen LogP) is 6.84. The summed E-state index contributed by atoms with van der Waals surface area (Å²) in [6.45, 7) is 4.85. The lowest BCUT2D eigenvalue weighted by atomic mass is 9.81. The van der Waals surface area contributed by atoms with E-state index >= 15 is 0 Å². The highest BCUT2D eigenvalue weighted by Crippen LogP contribution is 2.49. The molecule has 0 radical (unpaired) electrons. The monoisotopic (exact) mass is 434 g/mol. The van der Waals surface area contributed by atoms with Crippen LogP contribution in [0.15, 0.2) is 48.5 Å². The molecule has 2 unspecified atom stereocenters. The number of hydrogen-bond donors (Lipinski definition) is 0. The van der Waals surface area contributed by atoms with E-state index in [1.54, 1.807) is 11.3 Å². The number of nitrogens with zero attached hydrogens (tertiary/aromatic N) is 2. The highest BCUT2D eigenvalue weighted by Gasteiger charge is 2.43. The number of thiazole rings is 1. The van der Waals surface area contributed by atoms with Crippen LogP contribution in [0.5, 0.6) is 0 Å². The molecular weight excluding hydrogens is 408 g/mol. The molecule has 1 saturated carbocycles. The molecule has 0 bridgehead atoms. The van der Waals surface area contributed by atoms with Crippen molar-refractivity contribution < 1.29 is 4.79 Å². The van der Waals surface area contributed by atoms with E-state index in [9.17, 15) is 4.79 Å². The van der Waals surface area contributed by atoms with Crippen molar-refractivity contribution in [2.75, 3.05) is 4.90 Å². The first-order valence-corrected chi connectivity index (χ1v) is 12.0. The predicted molar refractivity (Wildman–Crippen MR) is 127 cm³/mol. The van der Waals surface area contributed by atoms with Gasteiger partial charge in [0, 0.05) is 6.04 Å². The number of aryl methyl sites for hydroxylation is 2. The Bertz CT molecular complexity index is 1180. The largest absolute Gasteiger partial charge is 0.305 e. The number of carbonyl (C=O) groups is 1. The maximum atomic E-state index is 13.8. The molecule has 0 spiro atoms. The summed E-state index contributed by atoms with van der Waals surface area (Å²) in [5.74, 6) is 1.32. The van der Waals surface area contributed by atoms with E-state index < -0.39 is 0 Å². The van der Waals surface area contributed by atoms with Crippen molar-refractivity contribution >= 4 is 35.3 Å². The SMILES string of the molecule is Cc1ccccc1CN1C(=O)C2CCCCC2n2c1c(-c1ccccc1C)sc2=S. The number of aromatic nitrogens is 1. The van der Waals surface area contributed by atoms with Gasteiger partial charge in [-0.25, -0.2) is 0 Å². The molecule has 5 rings (SSSR count). The Morgan fingerprint density at radius 1 is 1.00 bits per heavy atom. The summed E-state index contributed by atoms with van der Waals surface area (Å²) in [6, 6.07) is 17.0. The normalized spacial score (nSPS) is 20.7. The Labute approximate surface area is 187 Å². The van der Waals surface area contributed by atoms with E-state index in [4.69, 9.17) is 12.2 Å². The van der Waals surface area contributed by atoms with E-state index in [-0.39, 0.29) is 17.9 Å². The van der Waals surface area contributed by atoms with Crippen LogP contribution in [0.2, 0.25) is 0 Å². The van der Waals surface area contributed by atoms with Gasteiger partial charge >= 0.3 is 0 Å². The van der Waals surface area contributed by atoms with E-state index in [1.807, 2.05) is 4.90 Å². The lowest BCUT2D eigenvalue weighted by Crippen LogP contribution is -2.47. The summed E-state index contributed by atoms with van der Waals surface area (Å²) in [6.07, 6.45) is 4.30. The zero-order valence-electron chi connectivity index (χ0n) is 17.4. The van der Waals surface area contributed by atoms with Crippen molar-refractivity contribution in [3.8, 4) is 10.4 Å². The smallest absolute Gasteiger partial charge is 0.233 e. The van der Waals surface area contributed by atoms with E-state index in [1.165, 1.54) is 28.7 Å². The van der Waals surface area contributed by atoms with Gasteiger partial charge in [-0.2, -0.15) is 0 Å². The average molecular weight is 435 g/mol. The third-order valence-corrected chi connectivity index (χ3v) is 8.12. The minimum Gasteiger partial charge on any atom is -0.305 e. The molecule has 0 N–H and O–H groups in total. The zero-order chi connectivity index (χ0) is 20.8. The maximum absolute atomic E-state index is 13.8. The number of rotatable bonds is 3. The number of fused-ring (bicyclic) bond motifs is 3. The van der Waals surface area contributed by atoms with Crippen LogP contribution in [-0.2, 0) is 11.3 Å². The minimum atomic E-state index is 0.0429. The van der Waals surface area contributed by atoms with Gasteiger partial charge in [0.2, 0.25) is 5.91 Å². The van der Waals surface area contributed by atoms with Crippen LogP contribution in [0.1, 0.15) is 48.4 Å². The summed E-state index contributed by atoms with van der Waals surface area (Å²) in [7, 11) is 0. The maximum Gasteiger partial charge on any atom is 0.233 e. The van der Waals surface area contributed by atoms with Gasteiger partial charge in [0.25, 0.3) is 0 Å². The Kier molecular flexibility index (Phi) is 5.11. The lowest BCUT2D eigenvalue weighted by Gasteiger charge is -2.42. The highest BCUT2D eigenvalue weighted by atomic mass is 32.1. The Hall–Kier alpha value is -2.24. The molecule has 154 valence electrons. The van der Waals surface area contributed by atoms with Gasteiger partial charge in [-0.1, -0.05) is 61.4 Å². The number of amides is 1. The van der Waals surface area contributed by atoms with Gasteiger partial charge in [-0.05, 0) is 61.2 Å². The van der Waals surface area contributed by atoms with Crippen molar-refractivity contribution in [1.29, 1.82) is 0 Å².